The number of nitrogens with zero attached hydrogens (tertiary/aromatic N) is 1. The van der Waals surface area contributed by atoms with Crippen LogP contribution < -0.4 is 20.7 Å². The maximum Gasteiger partial charge on any atom is 0.319 e. The van der Waals surface area contributed by atoms with Gasteiger partial charge >= 0.3 is 6.03 Å². The maximum absolute atomic E-state index is 13.5. The lowest BCUT2D eigenvalue weighted by Crippen LogP contribution is -2.42. The van der Waals surface area contributed by atoms with Crippen molar-refractivity contribution >= 4 is 56.8 Å². The molecule has 0 aliphatic carbocycles. The second-order valence-electron chi connectivity index (χ2n) is 7.64. The van der Waals surface area contributed by atoms with Gasteiger partial charge in [-0.15, -0.1) is 0 Å². The van der Waals surface area contributed by atoms with Crippen LogP contribution >= 0.6 is 23.2 Å². The number of ether oxygens (including phenoxy) is 1. The molecule has 188 valence electrons. The number of benzene rings is 2. The molecule has 3 N–H and O–H groups in total. The standard InChI is InChI=1S/C22H24Cl2N4O6S/c1-3-25-22(31)27-18-10-16(5-6-17(18)24)35(32,33)28-12-20(29)26-11-14(21(28)30)8-13-9-15(23)4-7-19(13)34-2/h4-7,9-10,14H,3,8,11-12H2,1-2H3,(H,26,29)(H2,25,27,31). The highest BCUT2D eigenvalue weighted by molar-refractivity contribution is 7.89. The smallest absolute Gasteiger partial charge is 0.319 e. The number of halogens is 2. The van der Waals surface area contributed by atoms with Crippen molar-refractivity contribution in [3.05, 3.63) is 52.0 Å². The molecular formula is C22H24Cl2N4O6S. The first-order chi connectivity index (χ1) is 16.6. The number of carbonyl (C=O) groups excluding carboxylic acids is 3. The molecule has 2 aromatic rings. The fraction of sp³-hybridized carbons (Fsp3) is 0.318. The number of carbonyl (C=O) groups is 3. The van der Waals surface area contributed by atoms with Gasteiger partial charge in [-0.05, 0) is 55.3 Å². The summed E-state index contributed by atoms with van der Waals surface area (Å²) in [5, 5.41) is 8.08. The number of rotatable bonds is 7. The lowest BCUT2D eigenvalue weighted by molar-refractivity contribution is -0.131. The van der Waals surface area contributed by atoms with E-state index in [-0.39, 0.29) is 28.6 Å². The quantitative estimate of drug-likeness (QED) is 0.492. The summed E-state index contributed by atoms with van der Waals surface area (Å²) in [6, 6.07) is 7.94. The minimum absolute atomic E-state index is 0.0330. The molecule has 13 heteroatoms. The van der Waals surface area contributed by atoms with E-state index in [4.69, 9.17) is 27.9 Å². The van der Waals surface area contributed by atoms with Crippen LogP contribution in [0.1, 0.15) is 12.5 Å². The molecule has 0 spiro atoms. The summed E-state index contributed by atoms with van der Waals surface area (Å²) in [6.45, 7) is 1.31. The van der Waals surface area contributed by atoms with Crippen molar-refractivity contribution in [3.63, 3.8) is 0 Å². The monoisotopic (exact) mass is 542 g/mol. The Morgan fingerprint density at radius 1 is 1.20 bits per heavy atom. The number of urea groups is 1. The molecule has 0 saturated carbocycles. The van der Waals surface area contributed by atoms with Crippen molar-refractivity contribution in [2.24, 2.45) is 5.92 Å². The molecule has 0 radical (unpaired) electrons. The zero-order valence-electron chi connectivity index (χ0n) is 18.9. The Hall–Kier alpha value is -3.02. The SMILES string of the molecule is CCNC(=O)Nc1cc(S(=O)(=O)N2CC(=O)NCC(Cc3cc(Cl)ccc3OC)C2=O)ccc1Cl. The highest BCUT2D eigenvalue weighted by Crippen LogP contribution is 2.30. The molecule has 2 aromatic carbocycles. The third-order valence-electron chi connectivity index (χ3n) is 5.25. The molecule has 1 fully saturated rings. The highest BCUT2D eigenvalue weighted by Gasteiger charge is 2.38. The topological polar surface area (TPSA) is 134 Å². The largest absolute Gasteiger partial charge is 0.496 e. The van der Waals surface area contributed by atoms with Crippen LogP contribution in [0.3, 0.4) is 0 Å². The van der Waals surface area contributed by atoms with Crippen LogP contribution in [-0.2, 0) is 26.0 Å². The van der Waals surface area contributed by atoms with Gasteiger partial charge in [-0.2, -0.15) is 0 Å². The number of amides is 4. The van der Waals surface area contributed by atoms with E-state index < -0.39 is 40.3 Å². The van der Waals surface area contributed by atoms with Gasteiger partial charge in [0.05, 0.1) is 28.6 Å². The summed E-state index contributed by atoms with van der Waals surface area (Å²) in [5.41, 5.74) is 0.623. The number of hydrogen-bond acceptors (Lipinski definition) is 6. The van der Waals surface area contributed by atoms with Crippen molar-refractivity contribution in [1.29, 1.82) is 0 Å². The van der Waals surface area contributed by atoms with E-state index in [1.54, 1.807) is 25.1 Å². The zero-order valence-corrected chi connectivity index (χ0v) is 21.3. The van der Waals surface area contributed by atoms with Crippen molar-refractivity contribution in [2.45, 2.75) is 18.2 Å². The maximum atomic E-state index is 13.5. The number of sulfonamides is 1. The molecule has 1 saturated heterocycles. The van der Waals surface area contributed by atoms with Gasteiger partial charge in [0, 0.05) is 18.1 Å². The second-order valence-corrected chi connectivity index (χ2v) is 10.3. The van der Waals surface area contributed by atoms with Crippen LogP contribution in [0.15, 0.2) is 41.3 Å². The van der Waals surface area contributed by atoms with E-state index in [0.29, 0.717) is 27.2 Å². The molecule has 0 aromatic heterocycles. The number of nitrogens with one attached hydrogen (secondary N) is 3. The van der Waals surface area contributed by atoms with Gasteiger partial charge in [0.1, 0.15) is 12.3 Å². The van der Waals surface area contributed by atoms with E-state index in [1.165, 1.54) is 19.2 Å². The third kappa shape index (κ3) is 6.16. The minimum Gasteiger partial charge on any atom is -0.496 e. The summed E-state index contributed by atoms with van der Waals surface area (Å²) in [7, 11) is -3.00. The summed E-state index contributed by atoms with van der Waals surface area (Å²) < 4.78 is 32.8. The van der Waals surface area contributed by atoms with Crippen LogP contribution in [0.2, 0.25) is 10.0 Å². The molecule has 0 bridgehead atoms. The first-order valence-corrected chi connectivity index (χ1v) is 12.8. The van der Waals surface area contributed by atoms with Crippen molar-refractivity contribution in [1.82, 2.24) is 14.9 Å². The van der Waals surface area contributed by atoms with Crippen molar-refractivity contribution < 1.29 is 27.5 Å². The number of methoxy groups -OCH3 is 1. The average molecular weight is 543 g/mol. The lowest BCUT2D eigenvalue weighted by atomic mass is 9.98. The summed E-state index contributed by atoms with van der Waals surface area (Å²) in [5.74, 6) is -1.81. The molecular weight excluding hydrogens is 519 g/mol. The summed E-state index contributed by atoms with van der Waals surface area (Å²) in [6.07, 6.45) is 0.0828. The van der Waals surface area contributed by atoms with Crippen molar-refractivity contribution in [3.8, 4) is 5.75 Å². The van der Waals surface area contributed by atoms with Gasteiger partial charge in [-0.25, -0.2) is 17.5 Å². The first kappa shape index (κ1) is 26.6. The number of hydrogen-bond donors (Lipinski definition) is 3. The van der Waals surface area contributed by atoms with Gasteiger partial charge < -0.3 is 20.7 Å². The van der Waals surface area contributed by atoms with Crippen LogP contribution in [0.25, 0.3) is 0 Å². The van der Waals surface area contributed by atoms with Crippen LogP contribution in [0.5, 0.6) is 5.75 Å². The van der Waals surface area contributed by atoms with Crippen LogP contribution in [-0.4, -0.2) is 57.3 Å². The molecule has 1 heterocycles. The Bertz CT molecular complexity index is 1250. The molecule has 1 aliphatic heterocycles. The van der Waals surface area contributed by atoms with Gasteiger partial charge in [0.15, 0.2) is 0 Å². The summed E-state index contributed by atoms with van der Waals surface area (Å²) >= 11 is 12.2. The predicted molar refractivity (Wildman–Crippen MR) is 131 cm³/mol. The fourth-order valence-electron chi connectivity index (χ4n) is 3.54. The Morgan fingerprint density at radius 2 is 1.94 bits per heavy atom. The van der Waals surface area contributed by atoms with E-state index in [2.05, 4.69) is 16.0 Å². The second kappa shape index (κ2) is 11.1. The molecule has 1 unspecified atom stereocenters. The predicted octanol–water partition coefficient (Wildman–Crippen LogP) is 2.65. The Labute approximate surface area is 213 Å². The summed E-state index contributed by atoms with van der Waals surface area (Å²) in [4.78, 5) is 37.3. The minimum atomic E-state index is -4.47. The van der Waals surface area contributed by atoms with Crippen LogP contribution in [0.4, 0.5) is 10.5 Å². The third-order valence-corrected chi connectivity index (χ3v) is 7.55. The van der Waals surface area contributed by atoms with E-state index in [9.17, 15) is 22.8 Å². The normalized spacial score (nSPS) is 16.3. The van der Waals surface area contributed by atoms with Crippen molar-refractivity contribution in [2.75, 3.05) is 32.1 Å². The van der Waals surface area contributed by atoms with Crippen LogP contribution in [0, 0.1) is 5.92 Å². The van der Waals surface area contributed by atoms with Gasteiger partial charge in [-0.3, -0.25) is 9.59 Å². The molecule has 1 atom stereocenters. The van der Waals surface area contributed by atoms with E-state index in [1.807, 2.05) is 0 Å². The molecule has 4 amide bonds. The molecule has 10 nitrogen and oxygen atoms in total. The van der Waals surface area contributed by atoms with E-state index in [0.717, 1.165) is 6.07 Å². The lowest BCUT2D eigenvalue weighted by Gasteiger charge is -2.24. The Morgan fingerprint density at radius 3 is 2.63 bits per heavy atom. The van der Waals surface area contributed by atoms with Gasteiger partial charge in [0.25, 0.3) is 10.0 Å². The molecule has 35 heavy (non-hydrogen) atoms. The first-order valence-electron chi connectivity index (χ1n) is 10.6. The van der Waals surface area contributed by atoms with Gasteiger partial charge in [-0.1, -0.05) is 23.2 Å². The fourth-order valence-corrected chi connectivity index (χ4v) is 5.34. The van der Waals surface area contributed by atoms with Gasteiger partial charge in [0.2, 0.25) is 11.8 Å². The Kier molecular flexibility index (Phi) is 8.47. The van der Waals surface area contributed by atoms with E-state index >= 15 is 0 Å². The average Bonchev–Trinajstić information content (AvgIpc) is 2.94. The molecule has 1 aliphatic rings. The number of anilines is 1. The Balaban J connectivity index is 1.95. The zero-order chi connectivity index (χ0) is 25.8. The highest BCUT2D eigenvalue weighted by atomic mass is 35.5. The molecule has 3 rings (SSSR count).